The Morgan fingerprint density at radius 1 is 1.60 bits per heavy atom. The highest BCUT2D eigenvalue weighted by atomic mass is 32.9. The summed E-state index contributed by atoms with van der Waals surface area (Å²) in [5.74, 6) is 0. The molecule has 2 atom stereocenters. The zero-order chi connectivity index (χ0) is 12.3. The van der Waals surface area contributed by atoms with Crippen molar-refractivity contribution in [1.82, 2.24) is 9.16 Å². The maximum absolute atomic E-state index is 11.4. The van der Waals surface area contributed by atoms with Crippen molar-refractivity contribution >= 4 is 38.8 Å². The second-order valence-corrected chi connectivity index (χ2v) is 13.2. The van der Waals surface area contributed by atoms with Gasteiger partial charge in [0.1, 0.15) is 5.54 Å². The highest BCUT2D eigenvalue weighted by Crippen LogP contribution is 2.60. The number of nitrogens with zero attached hydrogens (tertiary/aromatic N) is 1. The molecule has 0 rings (SSSR count). The van der Waals surface area contributed by atoms with Gasteiger partial charge in [-0.15, -0.1) is 0 Å². The standard InChI is InChI=1S/C7H19N2O2PS3/c1-6-7(2)14-12(13,8-3)9(4)15(5,10)11/h7H,6H2,1-5H3,(H,8,13). The number of hydrogen-bond donors (Lipinski definition) is 1. The second-order valence-electron chi connectivity index (χ2n) is 3.27. The van der Waals surface area contributed by atoms with E-state index in [4.69, 9.17) is 11.8 Å². The molecule has 0 aromatic heterocycles. The molecule has 0 saturated heterocycles. The summed E-state index contributed by atoms with van der Waals surface area (Å²) in [7, 11) is 0.0325. The molecule has 4 nitrogen and oxygen atoms in total. The van der Waals surface area contributed by atoms with Gasteiger partial charge in [-0.25, -0.2) is 8.42 Å². The van der Waals surface area contributed by atoms with Gasteiger partial charge >= 0.3 is 0 Å². The van der Waals surface area contributed by atoms with Crippen LogP contribution in [0.25, 0.3) is 0 Å². The first-order valence-corrected chi connectivity index (χ1v) is 10.7. The van der Waals surface area contributed by atoms with Gasteiger partial charge in [-0.1, -0.05) is 37.0 Å². The molecule has 0 aliphatic carbocycles. The minimum absolute atomic E-state index is 0.354. The summed E-state index contributed by atoms with van der Waals surface area (Å²) in [4.78, 5) is 0. The molecule has 1 N–H and O–H groups in total. The second kappa shape index (κ2) is 5.98. The summed E-state index contributed by atoms with van der Waals surface area (Å²) in [5, 5.41) is 3.34. The SMILES string of the molecule is CCC(C)SP(=S)(NC)N(C)S(C)(=O)=O. The third kappa shape index (κ3) is 4.71. The van der Waals surface area contributed by atoms with Crippen molar-refractivity contribution in [2.24, 2.45) is 0 Å². The Balaban J connectivity index is 4.95. The van der Waals surface area contributed by atoms with Crippen molar-refractivity contribution in [1.29, 1.82) is 0 Å². The molecule has 0 aromatic carbocycles. The van der Waals surface area contributed by atoms with Gasteiger partial charge in [-0.2, -0.15) is 4.08 Å². The van der Waals surface area contributed by atoms with Gasteiger partial charge in [0.25, 0.3) is 0 Å². The monoisotopic (exact) mass is 290 g/mol. The van der Waals surface area contributed by atoms with Crippen LogP contribution in [0.15, 0.2) is 0 Å². The third-order valence-corrected chi connectivity index (χ3v) is 12.8. The van der Waals surface area contributed by atoms with Crippen molar-refractivity contribution in [3.05, 3.63) is 0 Å². The number of nitrogens with one attached hydrogen (secondary N) is 1. The van der Waals surface area contributed by atoms with Crippen LogP contribution in [0.3, 0.4) is 0 Å². The highest BCUT2D eigenvalue weighted by molar-refractivity contribution is 8.70. The quantitative estimate of drug-likeness (QED) is 0.757. The van der Waals surface area contributed by atoms with E-state index in [-0.39, 0.29) is 0 Å². The Labute approximate surface area is 102 Å². The predicted molar refractivity (Wildman–Crippen MR) is 73.3 cm³/mol. The lowest BCUT2D eigenvalue weighted by Gasteiger charge is -2.30. The zero-order valence-corrected chi connectivity index (χ0v) is 13.1. The fourth-order valence-corrected chi connectivity index (χ4v) is 10.2. The topological polar surface area (TPSA) is 49.4 Å². The van der Waals surface area contributed by atoms with Crippen molar-refractivity contribution in [3.63, 3.8) is 0 Å². The summed E-state index contributed by atoms with van der Waals surface area (Å²) in [6, 6.07) is 0. The lowest BCUT2D eigenvalue weighted by molar-refractivity contribution is 0.568. The molecular formula is C7H19N2O2PS3. The van der Waals surface area contributed by atoms with Crippen molar-refractivity contribution in [3.8, 4) is 0 Å². The molecule has 0 spiro atoms. The van der Waals surface area contributed by atoms with Crippen LogP contribution in [-0.2, 0) is 21.8 Å². The average Bonchev–Trinajstić information content (AvgIpc) is 2.14. The van der Waals surface area contributed by atoms with Gasteiger partial charge < -0.3 is 0 Å². The third-order valence-electron chi connectivity index (χ3n) is 2.03. The largest absolute Gasteiger partial charge is 0.272 e. The molecule has 0 aliphatic rings. The molecule has 92 valence electrons. The first-order valence-electron chi connectivity index (χ1n) is 4.59. The minimum atomic E-state index is -3.23. The van der Waals surface area contributed by atoms with Gasteiger partial charge in [-0.3, -0.25) is 5.09 Å². The Morgan fingerprint density at radius 3 is 2.33 bits per heavy atom. The smallest absolute Gasteiger partial charge is 0.216 e. The molecule has 0 heterocycles. The van der Waals surface area contributed by atoms with Crippen LogP contribution < -0.4 is 5.09 Å². The highest BCUT2D eigenvalue weighted by Gasteiger charge is 2.29. The van der Waals surface area contributed by atoms with Crippen LogP contribution in [0.1, 0.15) is 20.3 Å². The van der Waals surface area contributed by atoms with Crippen LogP contribution >= 0.6 is 16.9 Å². The summed E-state index contributed by atoms with van der Waals surface area (Å²) in [5.41, 5.74) is -2.24. The van der Waals surface area contributed by atoms with E-state index in [1.165, 1.54) is 10.3 Å². The molecule has 0 radical (unpaired) electrons. The van der Waals surface area contributed by atoms with E-state index in [2.05, 4.69) is 18.9 Å². The van der Waals surface area contributed by atoms with Crippen molar-refractivity contribution in [2.45, 2.75) is 25.5 Å². The fourth-order valence-electron chi connectivity index (χ4n) is 0.774. The molecule has 0 saturated carbocycles. The van der Waals surface area contributed by atoms with Gasteiger partial charge in [0, 0.05) is 12.3 Å². The van der Waals surface area contributed by atoms with Gasteiger partial charge in [0.15, 0.2) is 0 Å². The van der Waals surface area contributed by atoms with E-state index < -0.39 is 15.6 Å². The lowest BCUT2D eigenvalue weighted by atomic mass is 10.4. The molecule has 8 heteroatoms. The van der Waals surface area contributed by atoms with Crippen molar-refractivity contribution in [2.75, 3.05) is 20.4 Å². The Morgan fingerprint density at radius 2 is 2.07 bits per heavy atom. The van der Waals surface area contributed by atoms with Crippen LogP contribution in [0.5, 0.6) is 0 Å². The van der Waals surface area contributed by atoms with E-state index in [0.29, 0.717) is 5.25 Å². The summed E-state index contributed by atoms with van der Waals surface area (Å²) in [6.45, 7) is 4.12. The predicted octanol–water partition coefficient (Wildman–Crippen LogP) is 1.85. The molecule has 15 heavy (non-hydrogen) atoms. The average molecular weight is 290 g/mol. The lowest BCUT2D eigenvalue weighted by Crippen LogP contribution is -2.27. The maximum atomic E-state index is 11.4. The van der Waals surface area contributed by atoms with Gasteiger partial charge in [-0.05, 0) is 13.5 Å². The molecule has 0 fully saturated rings. The summed E-state index contributed by atoms with van der Waals surface area (Å²) >= 11 is 6.97. The molecule has 0 aliphatic heterocycles. The molecule has 0 bridgehead atoms. The van der Waals surface area contributed by atoms with Crippen LogP contribution in [0.2, 0.25) is 0 Å². The molecule has 0 aromatic rings. The van der Waals surface area contributed by atoms with Crippen LogP contribution in [0, 0.1) is 0 Å². The number of sulfonamides is 1. The molecule has 2 unspecified atom stereocenters. The summed E-state index contributed by atoms with van der Waals surface area (Å²) < 4.78 is 24.2. The van der Waals surface area contributed by atoms with Crippen LogP contribution in [-0.4, -0.2) is 38.1 Å². The van der Waals surface area contributed by atoms with E-state index in [9.17, 15) is 8.42 Å². The Bertz CT molecular complexity index is 344. The number of rotatable bonds is 6. The van der Waals surface area contributed by atoms with E-state index >= 15 is 0 Å². The Kier molecular flexibility index (Phi) is 6.33. The number of hydrogen-bond acceptors (Lipinski definition) is 4. The van der Waals surface area contributed by atoms with Gasteiger partial charge in [0.05, 0.1) is 6.26 Å². The molecular weight excluding hydrogens is 271 g/mol. The van der Waals surface area contributed by atoms with E-state index in [0.717, 1.165) is 6.42 Å². The maximum Gasteiger partial charge on any atom is 0.216 e. The van der Waals surface area contributed by atoms with E-state index in [1.807, 2.05) is 0 Å². The first-order chi connectivity index (χ1) is 6.67. The van der Waals surface area contributed by atoms with Crippen molar-refractivity contribution < 1.29 is 8.42 Å². The molecule has 0 amide bonds. The minimum Gasteiger partial charge on any atom is -0.272 e. The normalized spacial score (nSPS) is 18.8. The van der Waals surface area contributed by atoms with Crippen LogP contribution in [0.4, 0.5) is 0 Å². The van der Waals surface area contributed by atoms with Gasteiger partial charge in [0.2, 0.25) is 10.0 Å². The first kappa shape index (κ1) is 15.9. The van der Waals surface area contributed by atoms with E-state index in [1.54, 1.807) is 25.5 Å². The summed E-state index contributed by atoms with van der Waals surface area (Å²) in [6.07, 6.45) is 2.16. The zero-order valence-electron chi connectivity index (χ0n) is 9.72. The fraction of sp³-hybridized carbons (Fsp3) is 1.00. The Hall–Kier alpha value is 0.870.